The molecule has 0 aliphatic rings. The van der Waals surface area contributed by atoms with Gasteiger partial charge in [-0.05, 0) is 118 Å². The van der Waals surface area contributed by atoms with E-state index in [0.717, 1.165) is 0 Å². The summed E-state index contributed by atoms with van der Waals surface area (Å²) in [5.41, 5.74) is 0. The molecule has 0 rings (SSSR count). The van der Waals surface area contributed by atoms with Crippen molar-refractivity contribution in [2.45, 2.75) is 142 Å². The molecular weight excluding hydrogens is 569 g/mol. The summed E-state index contributed by atoms with van der Waals surface area (Å²) in [7, 11) is -12.5. The molecule has 0 bridgehead atoms. The van der Waals surface area contributed by atoms with E-state index in [1.54, 1.807) is 0 Å². The van der Waals surface area contributed by atoms with Crippen molar-refractivity contribution in [2.75, 3.05) is 6.61 Å². The predicted molar refractivity (Wildman–Crippen MR) is 172 cm³/mol. The van der Waals surface area contributed by atoms with Crippen LogP contribution >= 0.6 is 0 Å². The molecule has 0 aromatic heterocycles. The minimum absolute atomic E-state index is 0.355. The average molecular weight is 629 g/mol. The van der Waals surface area contributed by atoms with Crippen molar-refractivity contribution in [1.82, 2.24) is 0 Å². The SMILES string of the molecule is C[Si](C)(C)OC[C@H](O[Si](C)(C)C)[C@H](O[Si](C)(C)C)[C@@H](O[Si](C)(C)C)[C@@H](O[Si](C)(C)C)C(=O)O[Si](C)(C)C. The van der Waals surface area contributed by atoms with Crippen LogP contribution in [0.15, 0.2) is 0 Å². The maximum absolute atomic E-state index is 13.8. The highest BCUT2D eigenvalue weighted by atomic mass is 28.4. The molecule has 37 heavy (non-hydrogen) atoms. The van der Waals surface area contributed by atoms with Gasteiger partial charge in [-0.25, -0.2) is 0 Å². The molecule has 0 saturated carbocycles. The first-order chi connectivity index (χ1) is 16.0. The molecule has 13 heteroatoms. The Morgan fingerprint density at radius 2 is 0.865 bits per heavy atom. The van der Waals surface area contributed by atoms with E-state index >= 15 is 0 Å². The molecule has 0 aromatic rings. The van der Waals surface area contributed by atoms with Gasteiger partial charge in [-0.3, -0.25) is 4.79 Å². The minimum atomic E-state index is -2.18. The van der Waals surface area contributed by atoms with Gasteiger partial charge in [-0.15, -0.1) is 0 Å². The van der Waals surface area contributed by atoms with Crippen molar-refractivity contribution < 1.29 is 31.4 Å². The molecule has 0 unspecified atom stereocenters. The number of hydrogen-bond acceptors (Lipinski definition) is 7. The van der Waals surface area contributed by atoms with E-state index in [2.05, 4.69) is 98.2 Å². The van der Waals surface area contributed by atoms with E-state index in [9.17, 15) is 4.79 Å². The molecule has 0 radical (unpaired) electrons. The first kappa shape index (κ1) is 37.6. The summed E-state index contributed by atoms with van der Waals surface area (Å²) in [5, 5.41) is 0. The normalized spacial score (nSPS) is 17.8. The van der Waals surface area contributed by atoms with Gasteiger partial charge in [0.05, 0.1) is 12.7 Å². The lowest BCUT2D eigenvalue weighted by Gasteiger charge is -2.45. The number of carbonyl (C=O) groups excluding carboxylic acids is 1. The monoisotopic (exact) mass is 628 g/mol. The molecule has 222 valence electrons. The third kappa shape index (κ3) is 19.3. The third-order valence-corrected chi connectivity index (χ3v) is 10.0. The van der Waals surface area contributed by atoms with Gasteiger partial charge in [0.1, 0.15) is 12.2 Å². The van der Waals surface area contributed by atoms with Gasteiger partial charge in [-0.2, -0.15) is 0 Å². The molecule has 0 aliphatic carbocycles. The standard InChI is InChI=1S/C24H60O7Si6/c1-32(2,3)26-19-20(27-33(4,5)6)21(28-34(7,8)9)22(29-35(10,11)12)23(30-36(13,14)15)24(25)31-37(16,17)18/h20-23H,19H2,1-18H3/t20-,21-,22+,23+/m0/s1. The van der Waals surface area contributed by atoms with Crippen molar-refractivity contribution in [3.8, 4) is 0 Å². The average Bonchev–Trinajstić information content (AvgIpc) is 2.54. The zero-order valence-electron chi connectivity index (χ0n) is 27.4. The summed E-state index contributed by atoms with van der Waals surface area (Å²) >= 11 is 0. The zero-order valence-corrected chi connectivity index (χ0v) is 33.4. The van der Waals surface area contributed by atoms with Gasteiger partial charge < -0.3 is 26.6 Å². The Bertz CT molecular complexity index is 710. The maximum atomic E-state index is 13.8. The second-order valence-corrected chi connectivity index (χ2v) is 42.6. The lowest BCUT2D eigenvalue weighted by Crippen LogP contribution is -2.61. The van der Waals surface area contributed by atoms with Crippen LogP contribution in [0.4, 0.5) is 0 Å². The fourth-order valence-electron chi connectivity index (χ4n) is 3.44. The molecule has 0 heterocycles. The molecule has 0 saturated heterocycles. The summed E-state index contributed by atoms with van der Waals surface area (Å²) in [4.78, 5) is 13.8. The van der Waals surface area contributed by atoms with Crippen LogP contribution in [0.2, 0.25) is 118 Å². The van der Waals surface area contributed by atoms with Crippen molar-refractivity contribution in [1.29, 1.82) is 0 Å². The molecule has 0 N–H and O–H groups in total. The highest BCUT2D eigenvalue weighted by Gasteiger charge is 2.48. The second-order valence-electron chi connectivity index (χ2n) is 15.8. The summed E-state index contributed by atoms with van der Waals surface area (Å²) in [6.07, 6.45) is -2.48. The van der Waals surface area contributed by atoms with Crippen LogP contribution in [-0.4, -0.2) is 86.9 Å². The number of hydrogen-bond donors (Lipinski definition) is 0. The van der Waals surface area contributed by atoms with Crippen LogP contribution in [0.25, 0.3) is 0 Å². The summed E-state index contributed by atoms with van der Waals surface area (Å²) in [6.45, 7) is 38.6. The largest absolute Gasteiger partial charge is 0.518 e. The molecule has 0 spiro atoms. The summed E-state index contributed by atoms with van der Waals surface area (Å²) in [6, 6.07) is 0. The highest BCUT2D eigenvalue weighted by molar-refractivity contribution is 6.72. The molecule has 0 fully saturated rings. The Hall–Kier alpha value is 0.571. The van der Waals surface area contributed by atoms with Crippen molar-refractivity contribution >= 4 is 55.9 Å². The van der Waals surface area contributed by atoms with Crippen LogP contribution in [0.5, 0.6) is 0 Å². The molecular formula is C24H60O7Si6. The topological polar surface area (TPSA) is 72.5 Å². The second kappa shape index (κ2) is 13.5. The van der Waals surface area contributed by atoms with E-state index in [4.69, 9.17) is 26.6 Å². The number of rotatable bonds is 16. The smallest absolute Gasteiger partial charge is 0.323 e. The number of carbonyl (C=O) groups is 1. The van der Waals surface area contributed by atoms with E-state index in [1.165, 1.54) is 0 Å². The summed E-state index contributed by atoms with van der Waals surface area (Å²) < 4.78 is 39.6. The fraction of sp³-hybridized carbons (Fsp3) is 0.958. The Kier molecular flexibility index (Phi) is 13.7. The Morgan fingerprint density at radius 1 is 0.486 bits per heavy atom. The van der Waals surface area contributed by atoms with Gasteiger partial charge in [0.2, 0.25) is 8.32 Å². The van der Waals surface area contributed by atoms with Gasteiger partial charge in [0, 0.05) is 0 Å². The molecule has 7 nitrogen and oxygen atoms in total. The van der Waals surface area contributed by atoms with Crippen LogP contribution in [0.1, 0.15) is 0 Å². The Morgan fingerprint density at radius 3 is 1.19 bits per heavy atom. The highest BCUT2D eigenvalue weighted by Crippen LogP contribution is 2.29. The fourth-order valence-corrected chi connectivity index (χ4v) is 9.11. The van der Waals surface area contributed by atoms with Crippen LogP contribution < -0.4 is 0 Å². The Balaban J connectivity index is 7.03. The van der Waals surface area contributed by atoms with Gasteiger partial charge in [0.25, 0.3) is 0 Å². The van der Waals surface area contributed by atoms with Gasteiger partial charge in [-0.1, -0.05) is 0 Å². The molecule has 4 atom stereocenters. The van der Waals surface area contributed by atoms with E-state index in [-0.39, 0.29) is 12.1 Å². The molecule has 0 aliphatic heterocycles. The van der Waals surface area contributed by atoms with E-state index < -0.39 is 68.2 Å². The van der Waals surface area contributed by atoms with Gasteiger partial charge >= 0.3 is 5.97 Å². The predicted octanol–water partition coefficient (Wildman–Crippen LogP) is 7.10. The zero-order chi connectivity index (χ0) is 29.8. The third-order valence-electron chi connectivity index (χ3n) is 4.27. The lowest BCUT2D eigenvalue weighted by molar-refractivity contribution is -0.155. The van der Waals surface area contributed by atoms with Crippen LogP contribution in [0.3, 0.4) is 0 Å². The molecule has 0 aromatic carbocycles. The maximum Gasteiger partial charge on any atom is 0.323 e. The van der Waals surface area contributed by atoms with E-state index in [0.29, 0.717) is 6.61 Å². The quantitative estimate of drug-likeness (QED) is 0.169. The van der Waals surface area contributed by atoms with Crippen LogP contribution in [0, 0.1) is 0 Å². The first-order valence-corrected chi connectivity index (χ1v) is 34.0. The van der Waals surface area contributed by atoms with Gasteiger partial charge in [0.15, 0.2) is 47.7 Å². The molecule has 0 amide bonds. The lowest BCUT2D eigenvalue weighted by atomic mass is 10.0. The van der Waals surface area contributed by atoms with Crippen LogP contribution in [-0.2, 0) is 31.4 Å². The van der Waals surface area contributed by atoms with Crippen molar-refractivity contribution in [3.05, 3.63) is 0 Å². The van der Waals surface area contributed by atoms with Crippen molar-refractivity contribution in [2.24, 2.45) is 0 Å². The van der Waals surface area contributed by atoms with Crippen molar-refractivity contribution in [3.63, 3.8) is 0 Å². The minimum Gasteiger partial charge on any atom is -0.518 e. The first-order valence-electron chi connectivity index (χ1n) is 13.6. The summed E-state index contributed by atoms with van der Waals surface area (Å²) in [5.74, 6) is -0.355. The Labute approximate surface area is 235 Å². The van der Waals surface area contributed by atoms with E-state index in [1.807, 2.05) is 19.6 Å².